The van der Waals surface area contributed by atoms with Gasteiger partial charge in [0.15, 0.2) is 0 Å². The van der Waals surface area contributed by atoms with E-state index in [9.17, 15) is 8.42 Å². The lowest BCUT2D eigenvalue weighted by atomic mass is 10.1. The van der Waals surface area contributed by atoms with Crippen LogP contribution < -0.4 is 10.0 Å². The number of hydrogen-bond acceptors (Lipinski definition) is 4. The molecule has 0 spiro atoms. The molecule has 0 saturated carbocycles. The van der Waals surface area contributed by atoms with Gasteiger partial charge in [-0.3, -0.25) is 4.72 Å². The van der Waals surface area contributed by atoms with E-state index in [-0.39, 0.29) is 0 Å². The van der Waals surface area contributed by atoms with Crippen LogP contribution in [0.4, 0.5) is 11.4 Å². The van der Waals surface area contributed by atoms with Crippen molar-refractivity contribution in [3.8, 4) is 0 Å². The van der Waals surface area contributed by atoms with Gasteiger partial charge in [0, 0.05) is 24.8 Å². The smallest absolute Gasteiger partial charge is 0.229 e. The Morgan fingerprint density at radius 2 is 2.17 bits per heavy atom. The number of ether oxygens (including phenoxy) is 1. The van der Waals surface area contributed by atoms with Crippen molar-refractivity contribution in [2.24, 2.45) is 5.92 Å². The van der Waals surface area contributed by atoms with E-state index in [1.165, 1.54) is 0 Å². The van der Waals surface area contributed by atoms with Gasteiger partial charge in [-0.15, -0.1) is 0 Å². The van der Waals surface area contributed by atoms with Crippen LogP contribution in [0, 0.1) is 5.92 Å². The molecule has 0 aliphatic carbocycles. The number of nitrogens with one attached hydrogen (secondary N) is 2. The maximum absolute atomic E-state index is 11.1. The molecule has 18 heavy (non-hydrogen) atoms. The summed E-state index contributed by atoms with van der Waals surface area (Å²) in [6.45, 7) is 2.48. The zero-order valence-electron chi connectivity index (χ0n) is 10.3. The summed E-state index contributed by atoms with van der Waals surface area (Å²) in [5.41, 5.74) is 1.49. The fraction of sp³-hybridized carbons (Fsp3) is 0.500. The largest absolute Gasteiger partial charge is 0.385 e. The second-order valence-electron chi connectivity index (χ2n) is 4.57. The molecule has 0 aromatic heterocycles. The van der Waals surface area contributed by atoms with Gasteiger partial charge in [-0.25, -0.2) is 8.42 Å². The minimum Gasteiger partial charge on any atom is -0.385 e. The van der Waals surface area contributed by atoms with Crippen molar-refractivity contribution in [3.63, 3.8) is 0 Å². The van der Waals surface area contributed by atoms with E-state index >= 15 is 0 Å². The highest BCUT2D eigenvalue weighted by Crippen LogP contribution is 2.18. The van der Waals surface area contributed by atoms with Crippen molar-refractivity contribution < 1.29 is 13.2 Å². The topological polar surface area (TPSA) is 67.4 Å². The van der Waals surface area contributed by atoms with E-state index in [2.05, 4.69) is 10.0 Å². The zero-order chi connectivity index (χ0) is 13.0. The molecular formula is C12H18N2O3S. The van der Waals surface area contributed by atoms with Gasteiger partial charge in [0.2, 0.25) is 10.0 Å². The van der Waals surface area contributed by atoms with E-state index in [1.807, 2.05) is 12.1 Å². The lowest BCUT2D eigenvalue weighted by Crippen LogP contribution is -2.14. The summed E-state index contributed by atoms with van der Waals surface area (Å²) in [6, 6.07) is 7.26. The van der Waals surface area contributed by atoms with E-state index in [0.717, 1.165) is 38.1 Å². The van der Waals surface area contributed by atoms with Crippen molar-refractivity contribution in [2.75, 3.05) is 36.1 Å². The summed E-state index contributed by atoms with van der Waals surface area (Å²) >= 11 is 0. The average Bonchev–Trinajstić information content (AvgIpc) is 2.77. The molecular weight excluding hydrogens is 252 g/mol. The molecule has 2 N–H and O–H groups in total. The van der Waals surface area contributed by atoms with Gasteiger partial charge in [-0.2, -0.15) is 0 Å². The molecule has 2 rings (SSSR count). The summed E-state index contributed by atoms with van der Waals surface area (Å²) in [7, 11) is -3.22. The van der Waals surface area contributed by atoms with Gasteiger partial charge in [0.1, 0.15) is 0 Å². The Kier molecular flexibility index (Phi) is 4.08. The highest BCUT2D eigenvalue weighted by molar-refractivity contribution is 7.92. The molecule has 1 aliphatic rings. The Morgan fingerprint density at radius 1 is 1.39 bits per heavy atom. The molecule has 100 valence electrons. The van der Waals surface area contributed by atoms with E-state index in [1.54, 1.807) is 12.1 Å². The van der Waals surface area contributed by atoms with Crippen molar-refractivity contribution in [1.29, 1.82) is 0 Å². The fourth-order valence-electron chi connectivity index (χ4n) is 1.91. The third-order valence-corrected chi connectivity index (χ3v) is 3.39. The van der Waals surface area contributed by atoms with Gasteiger partial charge in [-0.05, 0) is 24.6 Å². The second kappa shape index (κ2) is 5.58. The van der Waals surface area contributed by atoms with E-state index in [4.69, 9.17) is 4.74 Å². The van der Waals surface area contributed by atoms with Crippen LogP contribution in [0.3, 0.4) is 0 Å². The standard InChI is InChI=1S/C12H18N2O3S/c1-18(15,16)14-12-4-2-3-11(7-12)13-8-10-5-6-17-9-10/h2-4,7,10,13-14H,5-6,8-9H2,1H3. The summed E-state index contributed by atoms with van der Waals surface area (Å²) in [4.78, 5) is 0. The van der Waals surface area contributed by atoms with E-state index < -0.39 is 10.0 Å². The minimum absolute atomic E-state index is 0.538. The number of hydrogen-bond donors (Lipinski definition) is 2. The Bertz CT molecular complexity index is 496. The molecule has 1 heterocycles. The van der Waals surface area contributed by atoms with Gasteiger partial charge in [0.25, 0.3) is 0 Å². The third-order valence-electron chi connectivity index (χ3n) is 2.78. The Morgan fingerprint density at radius 3 is 2.83 bits per heavy atom. The van der Waals surface area contributed by atoms with Crippen LogP contribution in [-0.4, -0.2) is 34.4 Å². The zero-order valence-corrected chi connectivity index (χ0v) is 11.2. The molecule has 0 bridgehead atoms. The van der Waals surface area contributed by atoms with Gasteiger partial charge in [-0.1, -0.05) is 6.07 Å². The number of benzene rings is 1. The number of anilines is 2. The van der Waals surface area contributed by atoms with Crippen molar-refractivity contribution in [1.82, 2.24) is 0 Å². The van der Waals surface area contributed by atoms with Crippen LogP contribution in [0.5, 0.6) is 0 Å². The number of rotatable bonds is 5. The van der Waals surface area contributed by atoms with Crippen LogP contribution >= 0.6 is 0 Å². The highest BCUT2D eigenvalue weighted by Gasteiger charge is 2.14. The molecule has 1 aromatic carbocycles. The van der Waals surface area contributed by atoms with Crippen molar-refractivity contribution >= 4 is 21.4 Å². The van der Waals surface area contributed by atoms with Gasteiger partial charge in [0.05, 0.1) is 18.6 Å². The first-order valence-corrected chi connectivity index (χ1v) is 7.81. The Hall–Kier alpha value is -1.27. The van der Waals surface area contributed by atoms with Gasteiger partial charge >= 0.3 is 0 Å². The van der Waals surface area contributed by atoms with Crippen molar-refractivity contribution in [3.05, 3.63) is 24.3 Å². The lowest BCUT2D eigenvalue weighted by Gasteiger charge is -2.12. The van der Waals surface area contributed by atoms with Crippen LogP contribution in [0.25, 0.3) is 0 Å². The molecule has 5 nitrogen and oxygen atoms in total. The monoisotopic (exact) mass is 270 g/mol. The molecule has 1 saturated heterocycles. The first-order chi connectivity index (χ1) is 8.53. The molecule has 1 atom stereocenters. The molecule has 1 aliphatic heterocycles. The maximum Gasteiger partial charge on any atom is 0.229 e. The van der Waals surface area contributed by atoms with Crippen LogP contribution in [0.1, 0.15) is 6.42 Å². The first kappa shape index (κ1) is 13.2. The normalized spacial score (nSPS) is 19.7. The SMILES string of the molecule is CS(=O)(=O)Nc1cccc(NCC2CCOC2)c1. The summed E-state index contributed by atoms with van der Waals surface area (Å²) < 4.78 is 30.0. The first-order valence-electron chi connectivity index (χ1n) is 5.92. The van der Waals surface area contributed by atoms with Crippen molar-refractivity contribution in [2.45, 2.75) is 6.42 Å². The molecule has 6 heteroatoms. The predicted molar refractivity (Wildman–Crippen MR) is 72.3 cm³/mol. The molecule has 0 radical (unpaired) electrons. The summed E-state index contributed by atoms with van der Waals surface area (Å²) in [5.74, 6) is 0.538. The Balaban J connectivity index is 1.94. The maximum atomic E-state index is 11.1. The molecule has 1 aromatic rings. The average molecular weight is 270 g/mol. The predicted octanol–water partition coefficient (Wildman–Crippen LogP) is 1.51. The van der Waals surface area contributed by atoms with E-state index in [0.29, 0.717) is 11.6 Å². The lowest BCUT2D eigenvalue weighted by molar-refractivity contribution is 0.187. The summed E-state index contributed by atoms with van der Waals surface area (Å²) in [5, 5.41) is 3.30. The summed E-state index contributed by atoms with van der Waals surface area (Å²) in [6.07, 6.45) is 2.22. The molecule has 0 amide bonds. The second-order valence-corrected chi connectivity index (χ2v) is 6.31. The molecule has 1 unspecified atom stereocenters. The number of sulfonamides is 1. The van der Waals surface area contributed by atoms with Gasteiger partial charge < -0.3 is 10.1 Å². The quantitative estimate of drug-likeness (QED) is 0.851. The third kappa shape index (κ3) is 4.19. The van der Waals surface area contributed by atoms with Crippen LogP contribution in [0.2, 0.25) is 0 Å². The van der Waals surface area contributed by atoms with Crippen LogP contribution in [0.15, 0.2) is 24.3 Å². The molecule has 1 fully saturated rings. The minimum atomic E-state index is -3.22. The highest BCUT2D eigenvalue weighted by atomic mass is 32.2. The van der Waals surface area contributed by atoms with Crippen LogP contribution in [-0.2, 0) is 14.8 Å². The Labute approximate surface area is 108 Å². The fourth-order valence-corrected chi connectivity index (χ4v) is 2.47.